The molecule has 126 valence electrons. The van der Waals surface area contributed by atoms with E-state index >= 15 is 0 Å². The summed E-state index contributed by atoms with van der Waals surface area (Å²) in [4.78, 5) is 26.5. The number of nitrogens with one attached hydrogen (secondary N) is 2. The molecule has 3 aromatic rings. The van der Waals surface area contributed by atoms with Crippen LogP contribution in [0.5, 0.6) is 0 Å². The Morgan fingerprint density at radius 1 is 1.00 bits per heavy atom. The monoisotopic (exact) mass is 368 g/mol. The lowest BCUT2D eigenvalue weighted by Gasteiger charge is -2.10. The Morgan fingerprint density at radius 3 is 2.48 bits per heavy atom. The fourth-order valence-electron chi connectivity index (χ4n) is 2.19. The highest BCUT2D eigenvalue weighted by Crippen LogP contribution is 2.16. The van der Waals surface area contributed by atoms with E-state index in [1.54, 1.807) is 18.2 Å². The second-order valence-corrected chi connectivity index (χ2v) is 7.26. The first-order chi connectivity index (χ1) is 12.1. The van der Waals surface area contributed by atoms with E-state index in [0.29, 0.717) is 10.6 Å². The van der Waals surface area contributed by atoms with Crippen LogP contribution in [0.1, 0.15) is 20.1 Å². The van der Waals surface area contributed by atoms with Gasteiger partial charge in [0.05, 0.1) is 4.88 Å². The number of carbonyl (C=O) groups excluding carboxylic acids is 2. The molecule has 1 aromatic carbocycles. The van der Waals surface area contributed by atoms with Crippen molar-refractivity contribution in [2.24, 2.45) is 0 Å². The Balaban J connectivity index is 1.83. The number of hydrogen-bond acceptors (Lipinski definition) is 4. The standard InChI is InChI=1S/C19H16N2O2S2/c1-13-5-2-6-14(11-13)20-18(22)16(12-15-7-3-9-24-15)21-19(23)17-8-4-10-25-17/h2-12H,1H3,(H,20,22)(H,21,23). The molecule has 2 heterocycles. The fourth-order valence-corrected chi connectivity index (χ4v) is 3.46. The van der Waals surface area contributed by atoms with E-state index in [0.717, 1.165) is 10.4 Å². The molecule has 0 radical (unpaired) electrons. The third kappa shape index (κ3) is 4.65. The molecule has 0 saturated carbocycles. The summed E-state index contributed by atoms with van der Waals surface area (Å²) in [7, 11) is 0. The number of amides is 2. The molecule has 25 heavy (non-hydrogen) atoms. The highest BCUT2D eigenvalue weighted by Gasteiger charge is 2.15. The number of rotatable bonds is 5. The van der Waals surface area contributed by atoms with Gasteiger partial charge in [-0.1, -0.05) is 24.3 Å². The van der Waals surface area contributed by atoms with Gasteiger partial charge in [0.1, 0.15) is 5.70 Å². The lowest BCUT2D eigenvalue weighted by molar-refractivity contribution is -0.113. The first-order valence-electron chi connectivity index (χ1n) is 7.60. The smallest absolute Gasteiger partial charge is 0.272 e. The molecule has 0 aliphatic rings. The minimum absolute atomic E-state index is 0.211. The Labute approximate surface area is 153 Å². The fraction of sp³-hybridized carbons (Fsp3) is 0.0526. The average Bonchev–Trinajstić information content (AvgIpc) is 3.28. The lowest BCUT2D eigenvalue weighted by atomic mass is 10.2. The van der Waals surface area contributed by atoms with E-state index in [1.807, 2.05) is 54.1 Å². The predicted molar refractivity (Wildman–Crippen MR) is 104 cm³/mol. The minimum Gasteiger partial charge on any atom is -0.321 e. The van der Waals surface area contributed by atoms with E-state index in [-0.39, 0.29) is 17.5 Å². The number of aryl methyl sites for hydroxylation is 1. The summed E-state index contributed by atoms with van der Waals surface area (Å²) < 4.78 is 0. The second-order valence-electron chi connectivity index (χ2n) is 5.33. The molecule has 0 aliphatic carbocycles. The van der Waals surface area contributed by atoms with Crippen molar-refractivity contribution in [1.29, 1.82) is 0 Å². The van der Waals surface area contributed by atoms with Crippen molar-refractivity contribution < 1.29 is 9.59 Å². The molecule has 0 atom stereocenters. The van der Waals surface area contributed by atoms with Crippen LogP contribution in [0, 0.1) is 6.92 Å². The molecular weight excluding hydrogens is 352 g/mol. The Morgan fingerprint density at radius 2 is 1.80 bits per heavy atom. The predicted octanol–water partition coefficient (Wildman–Crippen LogP) is 4.53. The summed E-state index contributed by atoms with van der Waals surface area (Å²) in [5, 5.41) is 9.30. The Hall–Kier alpha value is -2.70. The minimum atomic E-state index is -0.357. The number of thiophene rings is 2. The van der Waals surface area contributed by atoms with Crippen molar-refractivity contribution in [3.8, 4) is 0 Å². The van der Waals surface area contributed by atoms with Gasteiger partial charge in [0.15, 0.2) is 0 Å². The van der Waals surface area contributed by atoms with Crippen LogP contribution in [-0.4, -0.2) is 11.8 Å². The van der Waals surface area contributed by atoms with E-state index in [4.69, 9.17) is 0 Å². The maximum atomic E-state index is 12.7. The summed E-state index contributed by atoms with van der Waals surface area (Å²) in [5.74, 6) is -0.652. The summed E-state index contributed by atoms with van der Waals surface area (Å²) in [6.07, 6.45) is 1.68. The molecule has 0 fully saturated rings. The molecule has 3 rings (SSSR count). The number of carbonyl (C=O) groups is 2. The third-order valence-corrected chi connectivity index (χ3v) is 5.03. The zero-order valence-electron chi connectivity index (χ0n) is 13.5. The van der Waals surface area contributed by atoms with Gasteiger partial charge in [0.25, 0.3) is 11.8 Å². The molecule has 0 bridgehead atoms. The molecule has 0 spiro atoms. The molecule has 6 heteroatoms. The van der Waals surface area contributed by atoms with Crippen molar-refractivity contribution in [2.75, 3.05) is 5.32 Å². The molecule has 2 amide bonds. The van der Waals surface area contributed by atoms with Gasteiger partial charge in [-0.05, 0) is 53.6 Å². The van der Waals surface area contributed by atoms with Crippen LogP contribution >= 0.6 is 22.7 Å². The highest BCUT2D eigenvalue weighted by molar-refractivity contribution is 7.12. The van der Waals surface area contributed by atoms with E-state index < -0.39 is 0 Å². The SMILES string of the molecule is Cc1cccc(NC(=O)C(=Cc2cccs2)NC(=O)c2cccs2)c1. The first kappa shape index (κ1) is 17.1. The normalized spacial score (nSPS) is 11.2. The van der Waals surface area contributed by atoms with Gasteiger partial charge < -0.3 is 10.6 Å². The van der Waals surface area contributed by atoms with Crippen molar-refractivity contribution in [2.45, 2.75) is 6.92 Å². The van der Waals surface area contributed by atoms with Crippen LogP contribution in [0.25, 0.3) is 6.08 Å². The summed E-state index contributed by atoms with van der Waals surface area (Å²) in [5.41, 5.74) is 1.94. The van der Waals surface area contributed by atoms with Gasteiger partial charge in [0.2, 0.25) is 0 Å². The molecular formula is C19H16N2O2S2. The van der Waals surface area contributed by atoms with Crippen LogP contribution in [-0.2, 0) is 4.79 Å². The number of benzene rings is 1. The molecule has 0 aliphatic heterocycles. The second kappa shape index (κ2) is 7.92. The van der Waals surface area contributed by atoms with Crippen LogP contribution in [0.3, 0.4) is 0 Å². The molecule has 2 aromatic heterocycles. The largest absolute Gasteiger partial charge is 0.321 e. The molecule has 0 saturated heterocycles. The molecule has 0 unspecified atom stereocenters. The van der Waals surface area contributed by atoms with Crippen molar-refractivity contribution in [3.63, 3.8) is 0 Å². The number of anilines is 1. The van der Waals surface area contributed by atoms with E-state index in [1.165, 1.54) is 22.7 Å². The van der Waals surface area contributed by atoms with Gasteiger partial charge in [-0.2, -0.15) is 0 Å². The number of hydrogen-bond donors (Lipinski definition) is 2. The van der Waals surface area contributed by atoms with Crippen molar-refractivity contribution in [1.82, 2.24) is 5.32 Å². The van der Waals surface area contributed by atoms with Gasteiger partial charge >= 0.3 is 0 Å². The van der Waals surface area contributed by atoms with E-state index in [9.17, 15) is 9.59 Å². The van der Waals surface area contributed by atoms with Gasteiger partial charge in [-0.3, -0.25) is 9.59 Å². The third-order valence-electron chi connectivity index (χ3n) is 3.34. The van der Waals surface area contributed by atoms with Gasteiger partial charge in [0, 0.05) is 10.6 Å². The summed E-state index contributed by atoms with van der Waals surface area (Å²) >= 11 is 2.83. The topological polar surface area (TPSA) is 58.2 Å². The molecule has 2 N–H and O–H groups in total. The summed E-state index contributed by atoms with van der Waals surface area (Å²) in [6, 6.07) is 14.8. The van der Waals surface area contributed by atoms with Crippen LogP contribution in [0.4, 0.5) is 5.69 Å². The van der Waals surface area contributed by atoms with Crippen LogP contribution in [0.2, 0.25) is 0 Å². The molecule has 4 nitrogen and oxygen atoms in total. The highest BCUT2D eigenvalue weighted by atomic mass is 32.1. The van der Waals surface area contributed by atoms with Crippen LogP contribution in [0.15, 0.2) is 65.0 Å². The quantitative estimate of drug-likeness (QED) is 0.650. The summed E-state index contributed by atoms with van der Waals surface area (Å²) in [6.45, 7) is 1.95. The first-order valence-corrected chi connectivity index (χ1v) is 9.36. The van der Waals surface area contributed by atoms with Gasteiger partial charge in [-0.25, -0.2) is 0 Å². The Kier molecular flexibility index (Phi) is 5.42. The average molecular weight is 368 g/mol. The lowest BCUT2D eigenvalue weighted by Crippen LogP contribution is -2.30. The van der Waals surface area contributed by atoms with Crippen LogP contribution < -0.4 is 10.6 Å². The van der Waals surface area contributed by atoms with E-state index in [2.05, 4.69) is 10.6 Å². The Bertz CT molecular complexity index is 897. The maximum absolute atomic E-state index is 12.7. The van der Waals surface area contributed by atoms with Gasteiger partial charge in [-0.15, -0.1) is 22.7 Å². The maximum Gasteiger partial charge on any atom is 0.272 e. The van der Waals surface area contributed by atoms with Crippen molar-refractivity contribution in [3.05, 3.63) is 80.3 Å². The van der Waals surface area contributed by atoms with Crippen molar-refractivity contribution >= 4 is 46.3 Å². The zero-order chi connectivity index (χ0) is 17.6. The zero-order valence-corrected chi connectivity index (χ0v) is 15.1.